The van der Waals surface area contributed by atoms with Crippen molar-refractivity contribution in [3.8, 4) is 5.75 Å². The normalized spacial score (nSPS) is 12.0. The van der Waals surface area contributed by atoms with E-state index in [4.69, 9.17) is 9.47 Å². The van der Waals surface area contributed by atoms with Crippen molar-refractivity contribution < 1.29 is 14.3 Å². The van der Waals surface area contributed by atoms with Crippen LogP contribution in [0.15, 0.2) is 48.5 Å². The second-order valence-corrected chi connectivity index (χ2v) is 6.34. The fourth-order valence-corrected chi connectivity index (χ4v) is 2.55. The molecular formula is C21H26O3. The molecule has 0 amide bonds. The van der Waals surface area contributed by atoms with Crippen molar-refractivity contribution in [3.05, 3.63) is 65.2 Å². The summed E-state index contributed by atoms with van der Waals surface area (Å²) in [6.45, 7) is 8.64. The molecule has 0 aliphatic carbocycles. The Morgan fingerprint density at radius 3 is 2.12 bits per heavy atom. The van der Waals surface area contributed by atoms with Crippen molar-refractivity contribution in [1.29, 1.82) is 0 Å². The largest absolute Gasteiger partial charge is 0.486 e. The molecule has 1 atom stereocenters. The lowest BCUT2D eigenvalue weighted by Gasteiger charge is -2.16. The number of esters is 1. The van der Waals surface area contributed by atoms with E-state index in [0.717, 1.165) is 17.7 Å². The molecule has 0 aliphatic heterocycles. The summed E-state index contributed by atoms with van der Waals surface area (Å²) in [5, 5.41) is 0. The fourth-order valence-electron chi connectivity index (χ4n) is 2.55. The molecule has 2 aromatic rings. The van der Waals surface area contributed by atoms with Gasteiger partial charge in [0, 0.05) is 0 Å². The molecule has 128 valence electrons. The van der Waals surface area contributed by atoms with Gasteiger partial charge in [0.15, 0.2) is 0 Å². The first kappa shape index (κ1) is 18.1. The van der Waals surface area contributed by atoms with Crippen molar-refractivity contribution in [1.82, 2.24) is 0 Å². The number of hydrogen-bond acceptors (Lipinski definition) is 3. The highest BCUT2D eigenvalue weighted by Crippen LogP contribution is 2.23. The lowest BCUT2D eigenvalue weighted by atomic mass is 10.0. The molecule has 2 rings (SSSR count). The minimum absolute atomic E-state index is 0.0495. The fraction of sp³-hybridized carbons (Fsp3) is 0.381. The van der Waals surface area contributed by atoms with Gasteiger partial charge in [-0.05, 0) is 61.6 Å². The van der Waals surface area contributed by atoms with Crippen LogP contribution in [0, 0.1) is 5.92 Å². The van der Waals surface area contributed by atoms with Gasteiger partial charge in [-0.25, -0.2) is 4.79 Å². The Labute approximate surface area is 144 Å². The van der Waals surface area contributed by atoms with Crippen LogP contribution in [0.1, 0.15) is 55.3 Å². The van der Waals surface area contributed by atoms with E-state index in [1.165, 1.54) is 5.56 Å². The SMILES string of the molecule is CCOC(=O)c1ccc(OC(C)c2ccc(CC(C)C)cc2)cc1. The van der Waals surface area contributed by atoms with Crippen LogP contribution in [-0.2, 0) is 11.2 Å². The molecule has 0 spiro atoms. The van der Waals surface area contributed by atoms with Crippen molar-refractivity contribution in [2.45, 2.75) is 40.2 Å². The molecule has 2 aromatic carbocycles. The van der Waals surface area contributed by atoms with E-state index in [9.17, 15) is 4.79 Å². The van der Waals surface area contributed by atoms with Gasteiger partial charge in [-0.3, -0.25) is 0 Å². The van der Waals surface area contributed by atoms with E-state index in [1.54, 1.807) is 31.2 Å². The van der Waals surface area contributed by atoms with Crippen molar-refractivity contribution in [2.24, 2.45) is 5.92 Å². The average molecular weight is 326 g/mol. The van der Waals surface area contributed by atoms with Crippen LogP contribution in [0.4, 0.5) is 0 Å². The lowest BCUT2D eigenvalue weighted by Crippen LogP contribution is -2.06. The van der Waals surface area contributed by atoms with Gasteiger partial charge >= 0.3 is 5.97 Å². The van der Waals surface area contributed by atoms with E-state index in [-0.39, 0.29) is 12.1 Å². The predicted molar refractivity (Wildman–Crippen MR) is 96.4 cm³/mol. The maximum atomic E-state index is 11.6. The first-order chi connectivity index (χ1) is 11.5. The zero-order valence-corrected chi connectivity index (χ0v) is 14.9. The summed E-state index contributed by atoms with van der Waals surface area (Å²) >= 11 is 0. The van der Waals surface area contributed by atoms with Crippen LogP contribution in [0.3, 0.4) is 0 Å². The van der Waals surface area contributed by atoms with Crippen LogP contribution < -0.4 is 4.74 Å². The minimum Gasteiger partial charge on any atom is -0.486 e. The Kier molecular flexibility index (Phi) is 6.42. The first-order valence-electron chi connectivity index (χ1n) is 8.52. The van der Waals surface area contributed by atoms with E-state index in [2.05, 4.69) is 38.1 Å². The Balaban J connectivity index is 1.98. The zero-order valence-electron chi connectivity index (χ0n) is 14.9. The predicted octanol–water partition coefficient (Wildman–Crippen LogP) is 5.20. The second kappa shape index (κ2) is 8.53. The van der Waals surface area contributed by atoms with Crippen LogP contribution in [0.2, 0.25) is 0 Å². The number of hydrogen-bond donors (Lipinski definition) is 0. The highest BCUT2D eigenvalue weighted by Gasteiger charge is 2.10. The summed E-state index contributed by atoms with van der Waals surface area (Å²) in [6.07, 6.45) is 1.04. The second-order valence-electron chi connectivity index (χ2n) is 6.34. The molecular weight excluding hydrogens is 300 g/mol. The van der Waals surface area contributed by atoms with Crippen LogP contribution in [-0.4, -0.2) is 12.6 Å². The van der Waals surface area contributed by atoms with E-state index < -0.39 is 0 Å². The molecule has 3 nitrogen and oxygen atoms in total. The van der Waals surface area contributed by atoms with Gasteiger partial charge in [-0.2, -0.15) is 0 Å². The van der Waals surface area contributed by atoms with Gasteiger partial charge in [0.2, 0.25) is 0 Å². The van der Waals surface area contributed by atoms with Gasteiger partial charge in [-0.15, -0.1) is 0 Å². The van der Waals surface area contributed by atoms with Gasteiger partial charge in [0.05, 0.1) is 12.2 Å². The molecule has 0 bridgehead atoms. The quantitative estimate of drug-likeness (QED) is 0.656. The molecule has 0 saturated carbocycles. The number of rotatable bonds is 7. The van der Waals surface area contributed by atoms with Crippen molar-refractivity contribution >= 4 is 5.97 Å². The highest BCUT2D eigenvalue weighted by atomic mass is 16.5. The summed E-state index contributed by atoms with van der Waals surface area (Å²) < 4.78 is 10.9. The molecule has 0 fully saturated rings. The highest BCUT2D eigenvalue weighted by molar-refractivity contribution is 5.89. The van der Waals surface area contributed by atoms with Crippen LogP contribution >= 0.6 is 0 Å². The lowest BCUT2D eigenvalue weighted by molar-refractivity contribution is 0.0526. The summed E-state index contributed by atoms with van der Waals surface area (Å²) in [5.74, 6) is 1.09. The monoisotopic (exact) mass is 326 g/mol. The molecule has 0 N–H and O–H groups in total. The van der Waals surface area contributed by atoms with Crippen LogP contribution in [0.5, 0.6) is 5.75 Å². The summed E-state index contributed by atoms with van der Waals surface area (Å²) in [6, 6.07) is 15.6. The molecule has 0 heterocycles. The van der Waals surface area contributed by atoms with Gasteiger partial charge in [-0.1, -0.05) is 38.1 Å². The molecule has 0 aromatic heterocycles. The Morgan fingerprint density at radius 1 is 0.958 bits per heavy atom. The topological polar surface area (TPSA) is 35.5 Å². The number of carbonyl (C=O) groups is 1. The molecule has 0 radical (unpaired) electrons. The molecule has 3 heteroatoms. The Hall–Kier alpha value is -2.29. The minimum atomic E-state index is -0.308. The Bertz CT molecular complexity index is 642. The number of ether oxygens (including phenoxy) is 2. The van der Waals surface area contributed by atoms with E-state index >= 15 is 0 Å². The molecule has 0 aliphatic rings. The first-order valence-corrected chi connectivity index (χ1v) is 8.52. The number of carbonyl (C=O) groups excluding carboxylic acids is 1. The van der Waals surface area contributed by atoms with Gasteiger partial charge in [0.25, 0.3) is 0 Å². The third-order valence-electron chi connectivity index (χ3n) is 3.77. The molecule has 0 saturated heterocycles. The average Bonchev–Trinajstić information content (AvgIpc) is 2.56. The molecule has 24 heavy (non-hydrogen) atoms. The molecule has 1 unspecified atom stereocenters. The third-order valence-corrected chi connectivity index (χ3v) is 3.77. The van der Waals surface area contributed by atoms with Gasteiger partial charge in [0.1, 0.15) is 11.9 Å². The summed E-state index contributed by atoms with van der Waals surface area (Å²) in [4.78, 5) is 11.6. The maximum Gasteiger partial charge on any atom is 0.338 e. The summed E-state index contributed by atoms with van der Waals surface area (Å²) in [5.41, 5.74) is 3.02. The van der Waals surface area contributed by atoms with Gasteiger partial charge < -0.3 is 9.47 Å². The summed E-state index contributed by atoms with van der Waals surface area (Å²) in [7, 11) is 0. The standard InChI is InChI=1S/C21H26O3/c1-5-23-21(22)19-10-12-20(13-11-19)24-16(4)18-8-6-17(7-9-18)14-15(2)3/h6-13,15-16H,5,14H2,1-4H3. The number of benzene rings is 2. The van der Waals surface area contributed by atoms with E-state index in [1.807, 2.05) is 6.92 Å². The van der Waals surface area contributed by atoms with Crippen LogP contribution in [0.25, 0.3) is 0 Å². The van der Waals surface area contributed by atoms with Crippen molar-refractivity contribution in [2.75, 3.05) is 6.61 Å². The third kappa shape index (κ3) is 5.12. The Morgan fingerprint density at radius 2 is 1.58 bits per heavy atom. The van der Waals surface area contributed by atoms with Crippen molar-refractivity contribution in [3.63, 3.8) is 0 Å². The maximum absolute atomic E-state index is 11.6. The smallest absolute Gasteiger partial charge is 0.338 e. The van der Waals surface area contributed by atoms with E-state index in [0.29, 0.717) is 18.1 Å². The zero-order chi connectivity index (χ0) is 17.5.